The SMILES string of the molecule is OC1CNCCC1n1c2ccc(Cl)cc2c2cc(Cl)cnc21. The first-order valence-electron chi connectivity index (χ1n) is 7.28. The summed E-state index contributed by atoms with van der Waals surface area (Å²) in [6, 6.07) is 7.69. The molecule has 2 aromatic heterocycles. The number of hydrogen-bond acceptors (Lipinski definition) is 3. The molecule has 0 spiro atoms. The van der Waals surface area contributed by atoms with Crippen LogP contribution in [0.2, 0.25) is 10.0 Å². The van der Waals surface area contributed by atoms with Gasteiger partial charge in [0.1, 0.15) is 5.65 Å². The highest BCUT2D eigenvalue weighted by Crippen LogP contribution is 2.36. The molecule has 0 radical (unpaired) electrons. The van der Waals surface area contributed by atoms with Gasteiger partial charge in [0, 0.05) is 28.5 Å². The molecular formula is C16H15Cl2N3O. The van der Waals surface area contributed by atoms with Crippen LogP contribution in [0, 0.1) is 0 Å². The summed E-state index contributed by atoms with van der Waals surface area (Å²) < 4.78 is 2.13. The molecule has 1 aliphatic rings. The molecule has 3 heterocycles. The number of β-amino-alcohol motifs (C(OH)–C–C–N with tert-alkyl or cyclic N) is 1. The van der Waals surface area contributed by atoms with Crippen LogP contribution in [0.25, 0.3) is 21.9 Å². The maximum absolute atomic E-state index is 10.4. The quantitative estimate of drug-likeness (QED) is 0.716. The molecule has 0 amide bonds. The van der Waals surface area contributed by atoms with Gasteiger partial charge in [0.25, 0.3) is 0 Å². The van der Waals surface area contributed by atoms with E-state index >= 15 is 0 Å². The highest BCUT2D eigenvalue weighted by molar-refractivity contribution is 6.33. The van der Waals surface area contributed by atoms with Crippen molar-refractivity contribution in [3.63, 3.8) is 0 Å². The maximum Gasteiger partial charge on any atom is 0.141 e. The van der Waals surface area contributed by atoms with Gasteiger partial charge in [-0.1, -0.05) is 23.2 Å². The van der Waals surface area contributed by atoms with E-state index in [-0.39, 0.29) is 6.04 Å². The average molecular weight is 336 g/mol. The first kappa shape index (κ1) is 14.3. The largest absolute Gasteiger partial charge is 0.390 e. The van der Waals surface area contributed by atoms with Crippen molar-refractivity contribution in [1.29, 1.82) is 0 Å². The van der Waals surface area contributed by atoms with Crippen LogP contribution in [0.3, 0.4) is 0 Å². The number of fused-ring (bicyclic) bond motifs is 3. The van der Waals surface area contributed by atoms with E-state index in [4.69, 9.17) is 23.2 Å². The summed E-state index contributed by atoms with van der Waals surface area (Å²) in [4.78, 5) is 4.51. The standard InChI is InChI=1S/C16H15Cl2N3O/c17-9-1-2-13-11(5-9)12-6-10(18)7-20-16(12)21(13)14-3-4-19-8-15(14)22/h1-2,5-7,14-15,19,22H,3-4,8H2. The second kappa shape index (κ2) is 5.39. The number of piperidine rings is 1. The van der Waals surface area contributed by atoms with Crippen molar-refractivity contribution < 1.29 is 5.11 Å². The van der Waals surface area contributed by atoms with E-state index in [9.17, 15) is 5.11 Å². The smallest absolute Gasteiger partial charge is 0.141 e. The van der Waals surface area contributed by atoms with E-state index in [0.717, 1.165) is 34.9 Å². The first-order valence-corrected chi connectivity index (χ1v) is 8.04. The van der Waals surface area contributed by atoms with Gasteiger partial charge in [-0.05, 0) is 37.2 Å². The van der Waals surface area contributed by atoms with E-state index < -0.39 is 6.10 Å². The van der Waals surface area contributed by atoms with Crippen molar-refractivity contribution >= 4 is 45.1 Å². The monoisotopic (exact) mass is 335 g/mol. The van der Waals surface area contributed by atoms with Gasteiger partial charge >= 0.3 is 0 Å². The van der Waals surface area contributed by atoms with Crippen LogP contribution >= 0.6 is 23.2 Å². The summed E-state index contributed by atoms with van der Waals surface area (Å²) in [6.07, 6.45) is 2.06. The Hall–Kier alpha value is -1.33. The van der Waals surface area contributed by atoms with Gasteiger partial charge in [0.2, 0.25) is 0 Å². The van der Waals surface area contributed by atoms with Crippen molar-refractivity contribution in [3.8, 4) is 0 Å². The fourth-order valence-electron chi connectivity index (χ4n) is 3.34. The number of aliphatic hydroxyl groups excluding tert-OH is 1. The maximum atomic E-state index is 10.4. The molecule has 1 fully saturated rings. The molecule has 0 aliphatic carbocycles. The van der Waals surface area contributed by atoms with E-state index in [0.29, 0.717) is 16.6 Å². The van der Waals surface area contributed by atoms with E-state index in [2.05, 4.69) is 14.9 Å². The van der Waals surface area contributed by atoms with Gasteiger partial charge < -0.3 is 15.0 Å². The summed E-state index contributed by atoms with van der Waals surface area (Å²) in [6.45, 7) is 1.47. The molecule has 4 nitrogen and oxygen atoms in total. The van der Waals surface area contributed by atoms with Gasteiger partial charge in [-0.3, -0.25) is 0 Å². The summed E-state index contributed by atoms with van der Waals surface area (Å²) in [5.74, 6) is 0. The molecule has 2 unspecified atom stereocenters. The van der Waals surface area contributed by atoms with Gasteiger partial charge in [0.15, 0.2) is 0 Å². The van der Waals surface area contributed by atoms with Crippen LogP contribution in [0.1, 0.15) is 12.5 Å². The second-order valence-electron chi connectivity index (χ2n) is 5.68. The number of rotatable bonds is 1. The van der Waals surface area contributed by atoms with Crippen molar-refractivity contribution in [1.82, 2.24) is 14.9 Å². The third kappa shape index (κ3) is 2.18. The van der Waals surface area contributed by atoms with E-state index in [1.165, 1.54) is 0 Å². The molecule has 2 N–H and O–H groups in total. The minimum absolute atomic E-state index is 0.00361. The normalized spacial score (nSPS) is 22.5. The third-order valence-electron chi connectivity index (χ3n) is 4.32. The van der Waals surface area contributed by atoms with Crippen LogP contribution in [0.15, 0.2) is 30.5 Å². The molecule has 1 saturated heterocycles. The molecule has 6 heteroatoms. The fourth-order valence-corrected chi connectivity index (χ4v) is 3.67. The molecule has 1 aromatic carbocycles. The molecule has 0 bridgehead atoms. The minimum atomic E-state index is -0.444. The number of aromatic nitrogens is 2. The lowest BCUT2D eigenvalue weighted by molar-refractivity contribution is 0.0910. The Bertz CT molecular complexity index is 802. The molecular weight excluding hydrogens is 321 g/mol. The van der Waals surface area contributed by atoms with E-state index in [1.807, 2.05) is 24.3 Å². The Morgan fingerprint density at radius 1 is 1.18 bits per heavy atom. The van der Waals surface area contributed by atoms with Crippen molar-refractivity contribution in [2.24, 2.45) is 0 Å². The van der Waals surface area contributed by atoms with Crippen LogP contribution in [-0.2, 0) is 0 Å². The highest BCUT2D eigenvalue weighted by atomic mass is 35.5. The van der Waals surface area contributed by atoms with Crippen LogP contribution < -0.4 is 5.32 Å². The van der Waals surface area contributed by atoms with Crippen molar-refractivity contribution in [2.45, 2.75) is 18.6 Å². The number of benzene rings is 1. The summed E-state index contributed by atoms with van der Waals surface area (Å²) in [7, 11) is 0. The van der Waals surface area contributed by atoms with Crippen LogP contribution in [0.5, 0.6) is 0 Å². The van der Waals surface area contributed by atoms with Crippen LogP contribution in [-0.4, -0.2) is 33.9 Å². The van der Waals surface area contributed by atoms with Gasteiger partial charge in [-0.25, -0.2) is 4.98 Å². The molecule has 2 atom stereocenters. The number of pyridine rings is 1. The molecule has 22 heavy (non-hydrogen) atoms. The third-order valence-corrected chi connectivity index (χ3v) is 4.76. The summed E-state index contributed by atoms with van der Waals surface area (Å²) in [5.41, 5.74) is 1.87. The van der Waals surface area contributed by atoms with Crippen LogP contribution in [0.4, 0.5) is 0 Å². The Labute approximate surface area is 137 Å². The topological polar surface area (TPSA) is 50.1 Å². The molecule has 1 aliphatic heterocycles. The number of halogens is 2. The Kier molecular flexibility index (Phi) is 3.50. The Balaban J connectivity index is 2.06. The Morgan fingerprint density at radius 2 is 2.00 bits per heavy atom. The lowest BCUT2D eigenvalue weighted by Gasteiger charge is -2.30. The predicted molar refractivity (Wildman–Crippen MR) is 89.8 cm³/mol. The molecule has 114 valence electrons. The fraction of sp³-hybridized carbons (Fsp3) is 0.312. The average Bonchev–Trinajstić information content (AvgIpc) is 2.81. The number of nitrogens with one attached hydrogen (secondary N) is 1. The summed E-state index contributed by atoms with van der Waals surface area (Å²) in [5, 5.41) is 16.9. The van der Waals surface area contributed by atoms with Crippen molar-refractivity contribution in [3.05, 3.63) is 40.5 Å². The minimum Gasteiger partial charge on any atom is -0.390 e. The van der Waals surface area contributed by atoms with Gasteiger partial charge in [-0.2, -0.15) is 0 Å². The zero-order chi connectivity index (χ0) is 15.3. The van der Waals surface area contributed by atoms with E-state index in [1.54, 1.807) is 6.20 Å². The van der Waals surface area contributed by atoms with Gasteiger partial charge in [-0.15, -0.1) is 0 Å². The molecule has 3 aromatic rings. The second-order valence-corrected chi connectivity index (χ2v) is 6.56. The number of hydrogen-bond donors (Lipinski definition) is 2. The molecule has 0 saturated carbocycles. The number of nitrogens with zero attached hydrogens (tertiary/aromatic N) is 2. The Morgan fingerprint density at radius 3 is 2.82 bits per heavy atom. The lowest BCUT2D eigenvalue weighted by Crippen LogP contribution is -2.41. The number of aliphatic hydroxyl groups is 1. The predicted octanol–water partition coefficient (Wildman–Crippen LogP) is 3.39. The summed E-state index contributed by atoms with van der Waals surface area (Å²) >= 11 is 12.3. The van der Waals surface area contributed by atoms with Gasteiger partial charge in [0.05, 0.1) is 22.7 Å². The first-order chi connectivity index (χ1) is 10.6. The molecule has 4 rings (SSSR count). The zero-order valence-corrected chi connectivity index (χ0v) is 13.3. The lowest BCUT2D eigenvalue weighted by atomic mass is 10.0. The zero-order valence-electron chi connectivity index (χ0n) is 11.8. The highest BCUT2D eigenvalue weighted by Gasteiger charge is 2.28. The van der Waals surface area contributed by atoms with Crippen molar-refractivity contribution in [2.75, 3.05) is 13.1 Å².